The topological polar surface area (TPSA) is 69.6 Å². The molecular formula is C13H15Cl2N5. The molecule has 2 N–H and O–H groups in total. The molecule has 0 saturated heterocycles. The Balaban J connectivity index is 2.00. The highest BCUT2D eigenvalue weighted by Gasteiger charge is 2.26. The van der Waals surface area contributed by atoms with E-state index in [4.69, 9.17) is 28.9 Å². The van der Waals surface area contributed by atoms with Crippen LogP contribution in [0.5, 0.6) is 0 Å². The van der Waals surface area contributed by atoms with Crippen LogP contribution in [0.15, 0.2) is 12.1 Å². The Morgan fingerprint density at radius 1 is 1.40 bits per heavy atom. The van der Waals surface area contributed by atoms with Gasteiger partial charge in [-0.3, -0.25) is 0 Å². The Morgan fingerprint density at radius 2 is 2.15 bits per heavy atom. The minimum Gasteiger partial charge on any atom is -0.399 e. The van der Waals surface area contributed by atoms with Crippen LogP contribution in [0.2, 0.25) is 10.0 Å². The number of tetrazole rings is 1. The zero-order chi connectivity index (χ0) is 14.3. The number of nitrogens with zero attached hydrogens (tertiary/aromatic N) is 4. The van der Waals surface area contributed by atoms with Crippen molar-refractivity contribution in [2.45, 2.75) is 32.2 Å². The molecule has 1 saturated carbocycles. The number of nitrogens with two attached hydrogens (primary N) is 1. The second kappa shape index (κ2) is 5.22. The summed E-state index contributed by atoms with van der Waals surface area (Å²) in [6.07, 6.45) is 3.67. The molecule has 1 aromatic carbocycles. The molecule has 0 radical (unpaired) electrons. The van der Waals surface area contributed by atoms with Crippen LogP contribution in [-0.2, 0) is 0 Å². The van der Waals surface area contributed by atoms with Crippen LogP contribution in [0.1, 0.15) is 32.2 Å². The van der Waals surface area contributed by atoms with Crippen LogP contribution in [0.4, 0.5) is 5.69 Å². The van der Waals surface area contributed by atoms with Crippen LogP contribution < -0.4 is 5.73 Å². The van der Waals surface area contributed by atoms with Crippen LogP contribution in [0.3, 0.4) is 0 Å². The van der Waals surface area contributed by atoms with Gasteiger partial charge in [0.15, 0.2) is 5.82 Å². The number of rotatable bonds is 4. The molecule has 1 heterocycles. The number of nitrogen functional groups attached to an aromatic ring is 1. The third kappa shape index (κ3) is 2.60. The lowest BCUT2D eigenvalue weighted by Crippen LogP contribution is -2.10. The average Bonchev–Trinajstić information content (AvgIpc) is 3.07. The van der Waals surface area contributed by atoms with Gasteiger partial charge in [-0.25, -0.2) is 4.68 Å². The second-order valence-electron chi connectivity index (χ2n) is 5.34. The summed E-state index contributed by atoms with van der Waals surface area (Å²) < 4.78 is 1.80. The normalized spacial score (nSPS) is 16.4. The molecule has 1 aliphatic rings. The Morgan fingerprint density at radius 3 is 2.85 bits per heavy atom. The SMILES string of the molecule is CC(CC1CC1)n1nnnc1-c1cc(N)cc(Cl)c1Cl. The van der Waals surface area contributed by atoms with Gasteiger partial charge < -0.3 is 5.73 Å². The summed E-state index contributed by atoms with van der Waals surface area (Å²) in [4.78, 5) is 0. The highest BCUT2D eigenvalue weighted by Crippen LogP contribution is 2.39. The van der Waals surface area contributed by atoms with Gasteiger partial charge >= 0.3 is 0 Å². The molecule has 2 aromatic rings. The van der Waals surface area contributed by atoms with E-state index in [2.05, 4.69) is 22.4 Å². The maximum absolute atomic E-state index is 6.25. The van der Waals surface area contributed by atoms with Crippen molar-refractivity contribution in [1.82, 2.24) is 20.2 Å². The van der Waals surface area contributed by atoms with Crippen molar-refractivity contribution in [2.75, 3.05) is 5.73 Å². The lowest BCUT2D eigenvalue weighted by atomic mass is 10.1. The van der Waals surface area contributed by atoms with Crippen LogP contribution >= 0.6 is 23.2 Å². The van der Waals surface area contributed by atoms with E-state index in [0.29, 0.717) is 27.1 Å². The summed E-state index contributed by atoms with van der Waals surface area (Å²) in [6.45, 7) is 2.11. The summed E-state index contributed by atoms with van der Waals surface area (Å²) in [5.41, 5.74) is 7.04. The molecule has 106 valence electrons. The summed E-state index contributed by atoms with van der Waals surface area (Å²) in [7, 11) is 0. The molecular weight excluding hydrogens is 297 g/mol. The molecule has 20 heavy (non-hydrogen) atoms. The highest BCUT2D eigenvalue weighted by atomic mass is 35.5. The minimum atomic E-state index is 0.226. The molecule has 0 amide bonds. The first kappa shape index (κ1) is 13.6. The summed E-state index contributed by atoms with van der Waals surface area (Å²) in [5.74, 6) is 1.40. The Bertz CT molecular complexity index is 636. The predicted octanol–water partition coefficient (Wildman–Crippen LogP) is 3.59. The lowest BCUT2D eigenvalue weighted by Gasteiger charge is -2.14. The van der Waals surface area contributed by atoms with E-state index >= 15 is 0 Å². The smallest absolute Gasteiger partial charge is 0.183 e. The van der Waals surface area contributed by atoms with Gasteiger partial charge in [0.25, 0.3) is 0 Å². The number of hydrogen-bond acceptors (Lipinski definition) is 4. The van der Waals surface area contributed by atoms with Gasteiger partial charge in [-0.2, -0.15) is 0 Å². The number of aromatic nitrogens is 4. The second-order valence-corrected chi connectivity index (χ2v) is 6.12. The van der Waals surface area contributed by atoms with Crippen molar-refractivity contribution >= 4 is 28.9 Å². The molecule has 5 nitrogen and oxygen atoms in total. The highest BCUT2D eigenvalue weighted by molar-refractivity contribution is 6.43. The van der Waals surface area contributed by atoms with Gasteiger partial charge in [0.05, 0.1) is 16.1 Å². The number of halogens is 2. The summed E-state index contributed by atoms with van der Waals surface area (Å²) in [6, 6.07) is 3.60. The van der Waals surface area contributed by atoms with Crippen molar-refractivity contribution < 1.29 is 0 Å². The first-order valence-electron chi connectivity index (χ1n) is 6.59. The Hall–Kier alpha value is -1.33. The Labute approximate surface area is 127 Å². The molecule has 7 heteroatoms. The van der Waals surface area contributed by atoms with Gasteiger partial charge in [0.1, 0.15) is 0 Å². The Kier molecular flexibility index (Phi) is 3.56. The zero-order valence-corrected chi connectivity index (χ0v) is 12.6. The van der Waals surface area contributed by atoms with E-state index < -0.39 is 0 Å². The monoisotopic (exact) mass is 311 g/mol. The van der Waals surface area contributed by atoms with Crippen molar-refractivity contribution in [3.8, 4) is 11.4 Å². The average molecular weight is 312 g/mol. The molecule has 1 fully saturated rings. The maximum atomic E-state index is 6.25. The van der Waals surface area contributed by atoms with E-state index in [1.165, 1.54) is 12.8 Å². The third-order valence-electron chi connectivity index (χ3n) is 3.57. The molecule has 0 aliphatic heterocycles. The largest absolute Gasteiger partial charge is 0.399 e. The fourth-order valence-corrected chi connectivity index (χ4v) is 2.80. The number of benzene rings is 1. The van der Waals surface area contributed by atoms with Crippen molar-refractivity contribution in [1.29, 1.82) is 0 Å². The molecule has 1 unspecified atom stereocenters. The van der Waals surface area contributed by atoms with Crippen LogP contribution in [0, 0.1) is 5.92 Å². The number of anilines is 1. The number of hydrogen-bond donors (Lipinski definition) is 1. The van der Waals surface area contributed by atoms with Crippen molar-refractivity contribution in [3.05, 3.63) is 22.2 Å². The predicted molar refractivity (Wildman–Crippen MR) is 79.7 cm³/mol. The maximum Gasteiger partial charge on any atom is 0.183 e. The van der Waals surface area contributed by atoms with E-state index in [1.54, 1.807) is 16.8 Å². The van der Waals surface area contributed by atoms with Crippen molar-refractivity contribution in [3.63, 3.8) is 0 Å². The van der Waals surface area contributed by atoms with E-state index in [-0.39, 0.29) is 6.04 Å². The van der Waals surface area contributed by atoms with Crippen molar-refractivity contribution in [2.24, 2.45) is 5.92 Å². The van der Waals surface area contributed by atoms with Gasteiger partial charge in [0, 0.05) is 11.3 Å². The van der Waals surface area contributed by atoms with Gasteiger partial charge in [-0.15, -0.1) is 5.10 Å². The molecule has 0 spiro atoms. The summed E-state index contributed by atoms with van der Waals surface area (Å²) >= 11 is 12.3. The first-order valence-corrected chi connectivity index (χ1v) is 7.34. The quantitative estimate of drug-likeness (QED) is 0.876. The van der Waals surface area contributed by atoms with Gasteiger partial charge in [0.2, 0.25) is 0 Å². The molecule has 1 atom stereocenters. The van der Waals surface area contributed by atoms with E-state index in [1.807, 2.05) is 0 Å². The van der Waals surface area contributed by atoms with Crippen LogP contribution in [-0.4, -0.2) is 20.2 Å². The van der Waals surface area contributed by atoms with Gasteiger partial charge in [-0.1, -0.05) is 36.0 Å². The lowest BCUT2D eigenvalue weighted by molar-refractivity contribution is 0.430. The van der Waals surface area contributed by atoms with E-state index in [9.17, 15) is 0 Å². The fourth-order valence-electron chi connectivity index (χ4n) is 2.38. The zero-order valence-electron chi connectivity index (χ0n) is 11.1. The fraction of sp³-hybridized carbons (Fsp3) is 0.462. The molecule has 1 aromatic heterocycles. The van der Waals surface area contributed by atoms with Gasteiger partial charge in [-0.05, 0) is 41.8 Å². The standard InChI is InChI=1S/C13H15Cl2N5/c1-7(4-8-2-3-8)20-13(17-18-19-20)10-5-9(16)6-11(14)12(10)15/h5-8H,2-4,16H2,1H3. The summed E-state index contributed by atoms with van der Waals surface area (Å²) in [5, 5.41) is 12.8. The third-order valence-corrected chi connectivity index (χ3v) is 4.38. The molecule has 3 rings (SSSR count). The van der Waals surface area contributed by atoms with Crippen LogP contribution in [0.25, 0.3) is 11.4 Å². The molecule has 0 bridgehead atoms. The van der Waals surface area contributed by atoms with E-state index in [0.717, 1.165) is 12.3 Å². The minimum absolute atomic E-state index is 0.226. The molecule has 1 aliphatic carbocycles. The first-order chi connectivity index (χ1) is 9.56.